The van der Waals surface area contributed by atoms with Crippen LogP contribution in [0.1, 0.15) is 19.3 Å². The molecule has 1 aliphatic rings. The summed E-state index contributed by atoms with van der Waals surface area (Å²) in [5.41, 5.74) is 0. The van der Waals surface area contributed by atoms with Crippen LogP contribution in [0.25, 0.3) is 0 Å². The molecular weight excluding hydrogens is 186 g/mol. The first kappa shape index (κ1) is 10.7. The quantitative estimate of drug-likeness (QED) is 0.498. The van der Waals surface area contributed by atoms with Crippen LogP contribution in [0.5, 0.6) is 0 Å². The summed E-state index contributed by atoms with van der Waals surface area (Å²) in [7, 11) is 1.24. The van der Waals surface area contributed by atoms with E-state index in [2.05, 4.69) is 10.1 Å². The lowest BCUT2D eigenvalue weighted by atomic mass is 9.91. The van der Waals surface area contributed by atoms with Crippen LogP contribution in [0.15, 0.2) is 0 Å². The van der Waals surface area contributed by atoms with Crippen molar-refractivity contribution in [2.75, 3.05) is 13.7 Å². The highest BCUT2D eigenvalue weighted by atomic mass is 16.5. The molecule has 1 rings (SSSR count). The van der Waals surface area contributed by atoms with Crippen molar-refractivity contribution in [1.82, 2.24) is 5.32 Å². The molecular formula is C9H13NO4. The van der Waals surface area contributed by atoms with Crippen molar-refractivity contribution < 1.29 is 19.1 Å². The molecule has 0 aromatic carbocycles. The molecule has 1 heterocycles. The number of hydrogen-bond acceptors (Lipinski definition) is 4. The molecule has 78 valence electrons. The van der Waals surface area contributed by atoms with Crippen molar-refractivity contribution >= 4 is 17.7 Å². The number of carbonyl (C=O) groups is 3. The summed E-state index contributed by atoms with van der Waals surface area (Å²) in [6.45, 7) is 0.510. The number of nitrogens with one attached hydrogen (secondary N) is 1. The minimum Gasteiger partial charge on any atom is -0.469 e. The Balaban J connectivity index is 2.43. The summed E-state index contributed by atoms with van der Waals surface area (Å²) < 4.78 is 4.38. The highest BCUT2D eigenvalue weighted by Gasteiger charge is 2.26. The van der Waals surface area contributed by atoms with Gasteiger partial charge < -0.3 is 10.1 Å². The van der Waals surface area contributed by atoms with E-state index >= 15 is 0 Å². The molecule has 1 aliphatic heterocycles. The molecule has 0 saturated carbocycles. The molecule has 5 nitrogen and oxygen atoms in total. The highest BCUT2D eigenvalue weighted by molar-refractivity contribution is 5.98. The zero-order chi connectivity index (χ0) is 10.6. The van der Waals surface area contributed by atoms with Crippen molar-refractivity contribution in [3.05, 3.63) is 0 Å². The van der Waals surface area contributed by atoms with Crippen molar-refractivity contribution in [3.8, 4) is 0 Å². The normalized spacial score (nSPS) is 21.2. The topological polar surface area (TPSA) is 72.5 Å². The van der Waals surface area contributed by atoms with E-state index in [0.717, 1.165) is 0 Å². The fourth-order valence-corrected chi connectivity index (χ4v) is 1.42. The number of methoxy groups -OCH3 is 1. The summed E-state index contributed by atoms with van der Waals surface area (Å²) in [5, 5.41) is 2.63. The van der Waals surface area contributed by atoms with E-state index in [0.29, 0.717) is 13.0 Å². The van der Waals surface area contributed by atoms with Gasteiger partial charge in [-0.05, 0) is 6.42 Å². The Kier molecular flexibility index (Phi) is 3.62. The van der Waals surface area contributed by atoms with Crippen LogP contribution in [-0.2, 0) is 19.1 Å². The fourth-order valence-electron chi connectivity index (χ4n) is 1.42. The van der Waals surface area contributed by atoms with Crippen molar-refractivity contribution in [1.29, 1.82) is 0 Å². The van der Waals surface area contributed by atoms with E-state index in [9.17, 15) is 14.4 Å². The van der Waals surface area contributed by atoms with Gasteiger partial charge in [0.2, 0.25) is 5.91 Å². The minimum atomic E-state index is -0.541. The Labute approximate surface area is 81.8 Å². The number of ketones is 1. The van der Waals surface area contributed by atoms with Crippen molar-refractivity contribution in [2.24, 2.45) is 5.92 Å². The molecule has 1 amide bonds. The van der Waals surface area contributed by atoms with Gasteiger partial charge >= 0.3 is 5.97 Å². The van der Waals surface area contributed by atoms with E-state index in [1.54, 1.807) is 0 Å². The largest absolute Gasteiger partial charge is 0.469 e. The van der Waals surface area contributed by atoms with Crippen LogP contribution >= 0.6 is 0 Å². The van der Waals surface area contributed by atoms with Gasteiger partial charge in [0.25, 0.3) is 0 Å². The maximum atomic E-state index is 11.4. The average molecular weight is 199 g/mol. The van der Waals surface area contributed by atoms with Gasteiger partial charge in [-0.1, -0.05) is 0 Å². The number of piperidine rings is 1. The Morgan fingerprint density at radius 3 is 2.86 bits per heavy atom. The van der Waals surface area contributed by atoms with Crippen LogP contribution in [0.3, 0.4) is 0 Å². The zero-order valence-corrected chi connectivity index (χ0v) is 8.04. The molecule has 1 saturated heterocycles. The predicted octanol–water partition coefficient (Wildman–Crippen LogP) is -0.355. The SMILES string of the molecule is COC(=O)CC(=O)C1CCNC(=O)C1. The van der Waals surface area contributed by atoms with E-state index in [4.69, 9.17) is 0 Å². The average Bonchev–Trinajstić information content (AvgIpc) is 2.17. The molecule has 0 aromatic heterocycles. The summed E-state index contributed by atoms with van der Waals surface area (Å²) in [4.78, 5) is 33.2. The molecule has 1 N–H and O–H groups in total. The van der Waals surface area contributed by atoms with E-state index in [1.807, 2.05) is 0 Å². The number of amides is 1. The highest BCUT2D eigenvalue weighted by Crippen LogP contribution is 2.15. The van der Waals surface area contributed by atoms with Gasteiger partial charge in [-0.3, -0.25) is 14.4 Å². The lowest BCUT2D eigenvalue weighted by Gasteiger charge is -2.20. The van der Waals surface area contributed by atoms with Gasteiger partial charge in [-0.25, -0.2) is 0 Å². The van der Waals surface area contributed by atoms with Crippen molar-refractivity contribution in [3.63, 3.8) is 0 Å². The van der Waals surface area contributed by atoms with Gasteiger partial charge in [0.15, 0.2) is 0 Å². The van der Waals surface area contributed by atoms with Gasteiger partial charge in [0.05, 0.1) is 7.11 Å². The van der Waals surface area contributed by atoms with Crippen LogP contribution < -0.4 is 5.32 Å². The maximum Gasteiger partial charge on any atom is 0.313 e. The van der Waals surface area contributed by atoms with E-state index in [-0.39, 0.29) is 30.4 Å². The fraction of sp³-hybridized carbons (Fsp3) is 0.667. The summed E-state index contributed by atoms with van der Waals surface area (Å²) in [6, 6.07) is 0. The van der Waals surface area contributed by atoms with Gasteiger partial charge in [-0.15, -0.1) is 0 Å². The van der Waals surface area contributed by atoms with Gasteiger partial charge in [0, 0.05) is 18.9 Å². The van der Waals surface area contributed by atoms with E-state index < -0.39 is 5.97 Å². The molecule has 5 heteroatoms. The summed E-state index contributed by atoms with van der Waals surface area (Å²) >= 11 is 0. The van der Waals surface area contributed by atoms with Crippen LogP contribution in [0, 0.1) is 5.92 Å². The smallest absolute Gasteiger partial charge is 0.313 e. The minimum absolute atomic E-state index is 0.125. The number of Topliss-reactive ketones (excluding diaryl/α,β-unsaturated/α-hetero) is 1. The second-order valence-corrected chi connectivity index (χ2v) is 3.26. The molecule has 0 aliphatic carbocycles. The predicted molar refractivity (Wildman–Crippen MR) is 47.4 cm³/mol. The molecule has 1 atom stereocenters. The third kappa shape index (κ3) is 2.83. The van der Waals surface area contributed by atoms with Crippen LogP contribution in [0.4, 0.5) is 0 Å². The van der Waals surface area contributed by atoms with Crippen LogP contribution in [0.2, 0.25) is 0 Å². The van der Waals surface area contributed by atoms with Crippen molar-refractivity contribution in [2.45, 2.75) is 19.3 Å². The first-order valence-electron chi connectivity index (χ1n) is 4.49. The molecule has 1 unspecified atom stereocenters. The summed E-state index contributed by atoms with van der Waals surface area (Å²) in [6.07, 6.45) is 0.575. The van der Waals surface area contributed by atoms with Gasteiger partial charge in [-0.2, -0.15) is 0 Å². The lowest BCUT2D eigenvalue weighted by molar-refractivity contribution is -0.145. The number of rotatable bonds is 3. The molecule has 1 fully saturated rings. The second-order valence-electron chi connectivity index (χ2n) is 3.26. The molecule has 0 bridgehead atoms. The lowest BCUT2D eigenvalue weighted by Crippen LogP contribution is -2.37. The number of hydrogen-bond donors (Lipinski definition) is 1. The number of esters is 1. The Bertz CT molecular complexity index is 262. The zero-order valence-electron chi connectivity index (χ0n) is 8.04. The second kappa shape index (κ2) is 4.74. The monoisotopic (exact) mass is 199 g/mol. The van der Waals surface area contributed by atoms with Crippen LogP contribution in [-0.4, -0.2) is 31.3 Å². The molecule has 14 heavy (non-hydrogen) atoms. The van der Waals surface area contributed by atoms with E-state index in [1.165, 1.54) is 7.11 Å². The molecule has 0 spiro atoms. The number of carbonyl (C=O) groups excluding carboxylic acids is 3. The molecule has 0 aromatic rings. The third-order valence-corrected chi connectivity index (χ3v) is 2.25. The first-order chi connectivity index (χ1) is 6.63. The first-order valence-corrected chi connectivity index (χ1v) is 4.49. The molecule has 0 radical (unpaired) electrons. The summed E-state index contributed by atoms with van der Waals surface area (Å²) in [5.74, 6) is -1.19. The maximum absolute atomic E-state index is 11.4. The third-order valence-electron chi connectivity index (χ3n) is 2.25. The van der Waals surface area contributed by atoms with Gasteiger partial charge in [0.1, 0.15) is 12.2 Å². The Hall–Kier alpha value is -1.39. The number of ether oxygens (including phenoxy) is 1. The Morgan fingerprint density at radius 2 is 2.29 bits per heavy atom. The Morgan fingerprint density at radius 1 is 1.57 bits per heavy atom. The standard InChI is InChI=1S/C9H13NO4/c1-14-9(13)5-7(11)6-2-3-10-8(12)4-6/h6H,2-5H2,1H3,(H,10,12).